The largest absolute Gasteiger partial charge is 0.348 e. The van der Waals surface area contributed by atoms with Gasteiger partial charge in [0.2, 0.25) is 0 Å². The fraction of sp³-hybridized carbons (Fsp3) is 0.208. The molecule has 11 heteroatoms. The van der Waals surface area contributed by atoms with Gasteiger partial charge in [0, 0.05) is 48.1 Å². The van der Waals surface area contributed by atoms with E-state index in [1.54, 1.807) is 14.0 Å². The van der Waals surface area contributed by atoms with E-state index in [2.05, 4.69) is 10.3 Å². The number of aromatic nitrogens is 1. The van der Waals surface area contributed by atoms with Crippen LogP contribution < -0.4 is 10.2 Å². The minimum atomic E-state index is -1.14. The third kappa shape index (κ3) is 4.66. The molecule has 1 aromatic heterocycles. The first kappa shape index (κ1) is 24.5. The van der Waals surface area contributed by atoms with Gasteiger partial charge in [0.25, 0.3) is 5.91 Å². The summed E-state index contributed by atoms with van der Waals surface area (Å²) in [6.45, 7) is 0.991. The van der Waals surface area contributed by atoms with E-state index in [1.807, 2.05) is 0 Å². The summed E-state index contributed by atoms with van der Waals surface area (Å²) in [7, 11) is 1.57. The number of amides is 3. The van der Waals surface area contributed by atoms with Gasteiger partial charge in [-0.2, -0.15) is 0 Å². The van der Waals surface area contributed by atoms with Gasteiger partial charge in [0.05, 0.1) is 29.5 Å². The SMILES string of the molecule is CC1c2ncc(C(=O)NCc3c(F)cc(F)cc3F)cc2N(Cc2c(F)cccc2Cl)C(=O)N1C. The first-order valence-electron chi connectivity index (χ1n) is 10.5. The van der Waals surface area contributed by atoms with Crippen LogP contribution in [-0.4, -0.2) is 28.9 Å². The third-order valence-corrected chi connectivity index (χ3v) is 6.22. The number of rotatable bonds is 5. The molecular formula is C24H19ClF4N4O2. The Hall–Kier alpha value is -3.66. The van der Waals surface area contributed by atoms with Crippen molar-refractivity contribution in [1.29, 1.82) is 0 Å². The van der Waals surface area contributed by atoms with Crippen molar-refractivity contribution in [2.75, 3.05) is 11.9 Å². The molecule has 1 N–H and O–H groups in total. The summed E-state index contributed by atoms with van der Waals surface area (Å²) in [5.74, 6) is -4.68. The number of hydrogen-bond acceptors (Lipinski definition) is 3. The molecule has 1 atom stereocenters. The van der Waals surface area contributed by atoms with Gasteiger partial charge in [-0.15, -0.1) is 0 Å². The lowest BCUT2D eigenvalue weighted by Gasteiger charge is -2.39. The summed E-state index contributed by atoms with van der Waals surface area (Å²) in [5, 5.41) is 2.49. The molecule has 0 saturated heterocycles. The maximum Gasteiger partial charge on any atom is 0.325 e. The molecule has 0 aliphatic carbocycles. The number of nitrogens with zero attached hydrogens (tertiary/aromatic N) is 3. The number of nitrogens with one attached hydrogen (secondary N) is 1. The van der Waals surface area contributed by atoms with Crippen LogP contribution in [0.1, 0.15) is 40.1 Å². The molecule has 3 aromatic rings. The Morgan fingerprint density at radius 2 is 1.77 bits per heavy atom. The van der Waals surface area contributed by atoms with Crippen LogP contribution in [-0.2, 0) is 13.1 Å². The summed E-state index contributed by atoms with van der Waals surface area (Å²) in [4.78, 5) is 32.8. The predicted octanol–water partition coefficient (Wildman–Crippen LogP) is 5.35. The number of anilines is 1. The smallest absolute Gasteiger partial charge is 0.325 e. The minimum absolute atomic E-state index is 0.000798. The number of benzene rings is 2. The molecule has 2 heterocycles. The molecule has 1 unspecified atom stereocenters. The second-order valence-corrected chi connectivity index (χ2v) is 8.42. The number of halogens is 5. The quantitative estimate of drug-likeness (QED) is 0.474. The number of carbonyl (C=O) groups excluding carboxylic acids is 2. The summed E-state index contributed by atoms with van der Waals surface area (Å²) in [6, 6.07) is 5.68. The Morgan fingerprint density at radius 3 is 2.43 bits per heavy atom. The number of pyridine rings is 1. The van der Waals surface area contributed by atoms with Crippen LogP contribution in [0.5, 0.6) is 0 Å². The Kier molecular flexibility index (Phi) is 6.66. The summed E-state index contributed by atoms with van der Waals surface area (Å²) in [6.07, 6.45) is 1.26. The standard InChI is InChI=1S/C24H19ClF4N4O2/c1-12-22-21(33(24(35)32(12)2)11-16-17(25)4-3-5-18(16)27)6-13(9-30-22)23(34)31-10-15-19(28)7-14(26)8-20(15)29/h3-9,12H,10-11H2,1-2H3,(H,31,34). The van der Waals surface area contributed by atoms with Crippen LogP contribution in [0.15, 0.2) is 42.6 Å². The van der Waals surface area contributed by atoms with Crippen molar-refractivity contribution in [3.8, 4) is 0 Å². The zero-order chi connectivity index (χ0) is 25.4. The summed E-state index contributed by atoms with van der Waals surface area (Å²) >= 11 is 6.15. The Balaban J connectivity index is 1.65. The van der Waals surface area contributed by atoms with Gasteiger partial charge in [-0.25, -0.2) is 22.4 Å². The molecule has 3 amide bonds. The lowest BCUT2D eigenvalue weighted by atomic mass is 10.0. The highest BCUT2D eigenvalue weighted by Gasteiger charge is 2.35. The Labute approximate surface area is 203 Å². The Morgan fingerprint density at radius 1 is 1.09 bits per heavy atom. The van der Waals surface area contributed by atoms with E-state index in [0.717, 1.165) is 0 Å². The van der Waals surface area contributed by atoms with Crippen molar-refractivity contribution in [3.63, 3.8) is 0 Å². The van der Waals surface area contributed by atoms with E-state index in [0.29, 0.717) is 17.8 Å². The predicted molar refractivity (Wildman–Crippen MR) is 121 cm³/mol. The number of hydrogen-bond donors (Lipinski definition) is 1. The maximum atomic E-state index is 14.4. The summed E-state index contributed by atoms with van der Waals surface area (Å²) < 4.78 is 55.4. The second-order valence-electron chi connectivity index (χ2n) is 8.01. The monoisotopic (exact) mass is 506 g/mol. The molecule has 182 valence electrons. The number of fused-ring (bicyclic) bond motifs is 1. The lowest BCUT2D eigenvalue weighted by Crippen LogP contribution is -2.47. The third-order valence-electron chi connectivity index (χ3n) is 5.87. The van der Waals surface area contributed by atoms with Gasteiger partial charge < -0.3 is 10.2 Å². The highest BCUT2D eigenvalue weighted by molar-refractivity contribution is 6.31. The molecule has 0 bridgehead atoms. The van der Waals surface area contributed by atoms with E-state index in [-0.39, 0.29) is 28.4 Å². The van der Waals surface area contributed by atoms with Gasteiger partial charge in [0.1, 0.15) is 23.3 Å². The van der Waals surface area contributed by atoms with E-state index < -0.39 is 53.4 Å². The molecule has 0 radical (unpaired) electrons. The second kappa shape index (κ2) is 9.53. The van der Waals surface area contributed by atoms with Crippen molar-refractivity contribution < 1.29 is 27.2 Å². The highest BCUT2D eigenvalue weighted by atomic mass is 35.5. The molecule has 35 heavy (non-hydrogen) atoms. The Bertz CT molecular complexity index is 1290. The average molecular weight is 507 g/mol. The normalized spacial score (nSPS) is 15.3. The van der Waals surface area contributed by atoms with Gasteiger partial charge in [-0.1, -0.05) is 17.7 Å². The lowest BCUT2D eigenvalue weighted by molar-refractivity contribution is 0.0949. The molecule has 1 aliphatic rings. The van der Waals surface area contributed by atoms with Gasteiger partial charge in [-0.3, -0.25) is 14.7 Å². The average Bonchev–Trinajstić information content (AvgIpc) is 2.80. The van der Waals surface area contributed by atoms with Gasteiger partial charge in [-0.05, 0) is 25.1 Å². The minimum Gasteiger partial charge on any atom is -0.348 e. The zero-order valence-corrected chi connectivity index (χ0v) is 19.3. The van der Waals surface area contributed by atoms with E-state index in [1.165, 1.54) is 40.3 Å². The summed E-state index contributed by atoms with van der Waals surface area (Å²) in [5.41, 5.74) is 0.319. The molecule has 0 saturated carbocycles. The first-order valence-corrected chi connectivity index (χ1v) is 10.8. The van der Waals surface area contributed by atoms with E-state index >= 15 is 0 Å². The first-order chi connectivity index (χ1) is 16.6. The van der Waals surface area contributed by atoms with Gasteiger partial charge in [0.15, 0.2) is 0 Å². The van der Waals surface area contributed by atoms with Gasteiger partial charge >= 0.3 is 6.03 Å². The van der Waals surface area contributed by atoms with Crippen molar-refractivity contribution in [1.82, 2.24) is 15.2 Å². The molecule has 4 rings (SSSR count). The molecule has 0 fully saturated rings. The topological polar surface area (TPSA) is 65.5 Å². The number of carbonyl (C=O) groups is 2. The van der Waals surface area contributed by atoms with E-state index in [4.69, 9.17) is 11.6 Å². The fourth-order valence-electron chi connectivity index (χ4n) is 3.77. The van der Waals surface area contributed by atoms with Crippen molar-refractivity contribution >= 4 is 29.2 Å². The number of urea groups is 1. The van der Waals surface area contributed by atoms with Crippen LogP contribution in [0.25, 0.3) is 0 Å². The molecule has 2 aromatic carbocycles. The van der Waals surface area contributed by atoms with Crippen LogP contribution in [0.3, 0.4) is 0 Å². The molecular weight excluding hydrogens is 488 g/mol. The molecule has 0 spiro atoms. The fourth-order valence-corrected chi connectivity index (χ4v) is 4.00. The molecule has 1 aliphatic heterocycles. The molecule has 6 nitrogen and oxygen atoms in total. The van der Waals surface area contributed by atoms with Crippen molar-refractivity contribution in [2.24, 2.45) is 0 Å². The van der Waals surface area contributed by atoms with Crippen molar-refractivity contribution in [3.05, 3.63) is 93.3 Å². The highest BCUT2D eigenvalue weighted by Crippen LogP contribution is 2.36. The van der Waals surface area contributed by atoms with Crippen LogP contribution in [0.4, 0.5) is 28.0 Å². The van der Waals surface area contributed by atoms with Crippen LogP contribution in [0.2, 0.25) is 5.02 Å². The van der Waals surface area contributed by atoms with Crippen molar-refractivity contribution in [2.45, 2.75) is 26.1 Å². The maximum absolute atomic E-state index is 14.4. The van der Waals surface area contributed by atoms with Crippen LogP contribution in [0, 0.1) is 23.3 Å². The van der Waals surface area contributed by atoms with E-state index in [9.17, 15) is 27.2 Å². The van der Waals surface area contributed by atoms with Crippen LogP contribution >= 0.6 is 11.6 Å². The zero-order valence-electron chi connectivity index (χ0n) is 18.6.